The Kier molecular flexibility index (Phi) is 4.93. The van der Waals surface area contributed by atoms with Crippen molar-refractivity contribution in [3.8, 4) is 0 Å². The Balaban J connectivity index is 2.65. The summed E-state index contributed by atoms with van der Waals surface area (Å²) in [6.45, 7) is 5.70. The zero-order valence-electron chi connectivity index (χ0n) is 12.0. The van der Waals surface area contributed by atoms with Gasteiger partial charge in [-0.3, -0.25) is 9.69 Å². The molecule has 1 fully saturated rings. The summed E-state index contributed by atoms with van der Waals surface area (Å²) in [7, 11) is 1.97. The zero-order chi connectivity index (χ0) is 15.5. The summed E-state index contributed by atoms with van der Waals surface area (Å²) in [6.07, 6.45) is -0.418. The molecule has 1 heterocycles. The minimum atomic E-state index is -1.29. The SMILES string of the molecule is CN1CCN(C(=O)N[C@@H](CC(N)=O)C(=O)O)CC1(C)C. The number of hydrogen-bond donors (Lipinski definition) is 3. The lowest BCUT2D eigenvalue weighted by atomic mass is 10.00. The molecule has 20 heavy (non-hydrogen) atoms. The number of carbonyl (C=O) groups is 3. The van der Waals surface area contributed by atoms with E-state index in [9.17, 15) is 14.4 Å². The number of primary amides is 1. The molecule has 1 aliphatic rings. The summed E-state index contributed by atoms with van der Waals surface area (Å²) in [5.41, 5.74) is 4.79. The number of amides is 3. The summed E-state index contributed by atoms with van der Waals surface area (Å²) in [6, 6.07) is -1.78. The lowest BCUT2D eigenvalue weighted by molar-refractivity contribution is -0.141. The van der Waals surface area contributed by atoms with Crippen LogP contribution in [0.5, 0.6) is 0 Å². The predicted octanol–water partition coefficient (Wildman–Crippen LogP) is -0.949. The van der Waals surface area contributed by atoms with Crippen molar-refractivity contribution in [2.45, 2.75) is 31.8 Å². The van der Waals surface area contributed by atoms with E-state index in [0.717, 1.165) is 0 Å². The number of nitrogens with one attached hydrogen (secondary N) is 1. The number of carbonyl (C=O) groups excluding carboxylic acids is 2. The van der Waals surface area contributed by atoms with Gasteiger partial charge in [0.15, 0.2) is 0 Å². The first kappa shape index (κ1) is 16.2. The lowest BCUT2D eigenvalue weighted by Crippen LogP contribution is -2.61. The Morgan fingerprint density at radius 1 is 1.35 bits per heavy atom. The molecule has 0 bridgehead atoms. The summed E-state index contributed by atoms with van der Waals surface area (Å²) >= 11 is 0. The molecule has 8 heteroatoms. The third-order valence-corrected chi connectivity index (χ3v) is 3.60. The second kappa shape index (κ2) is 6.08. The molecular weight excluding hydrogens is 264 g/mol. The summed E-state index contributed by atoms with van der Waals surface area (Å²) in [5.74, 6) is -2.04. The molecule has 0 aromatic heterocycles. The van der Waals surface area contributed by atoms with Gasteiger partial charge >= 0.3 is 12.0 Å². The normalized spacial score (nSPS) is 20.2. The van der Waals surface area contributed by atoms with Crippen molar-refractivity contribution in [3.63, 3.8) is 0 Å². The van der Waals surface area contributed by atoms with Gasteiger partial charge in [-0.2, -0.15) is 0 Å². The van der Waals surface area contributed by atoms with Gasteiger partial charge in [0.25, 0.3) is 0 Å². The smallest absolute Gasteiger partial charge is 0.326 e. The highest BCUT2D eigenvalue weighted by atomic mass is 16.4. The molecule has 8 nitrogen and oxygen atoms in total. The topological polar surface area (TPSA) is 116 Å². The number of piperazine rings is 1. The van der Waals surface area contributed by atoms with Gasteiger partial charge in [0.05, 0.1) is 6.42 Å². The predicted molar refractivity (Wildman–Crippen MR) is 72.0 cm³/mol. The number of aliphatic carboxylic acids is 1. The Bertz CT molecular complexity index is 410. The second-order valence-electron chi connectivity index (χ2n) is 5.67. The first-order chi connectivity index (χ1) is 9.13. The Morgan fingerprint density at radius 3 is 2.40 bits per heavy atom. The van der Waals surface area contributed by atoms with Crippen molar-refractivity contribution < 1.29 is 19.5 Å². The van der Waals surface area contributed by atoms with E-state index < -0.39 is 30.4 Å². The average Bonchev–Trinajstić information content (AvgIpc) is 2.30. The highest BCUT2D eigenvalue weighted by molar-refractivity contribution is 5.87. The summed E-state index contributed by atoms with van der Waals surface area (Å²) in [5, 5.41) is 11.3. The number of carboxylic acid groups (broad SMARTS) is 1. The van der Waals surface area contributed by atoms with Crippen LogP contribution >= 0.6 is 0 Å². The Morgan fingerprint density at radius 2 is 1.95 bits per heavy atom. The molecule has 0 aromatic rings. The molecule has 1 aliphatic heterocycles. The number of rotatable bonds is 4. The van der Waals surface area contributed by atoms with Crippen molar-refractivity contribution >= 4 is 17.9 Å². The highest BCUT2D eigenvalue weighted by Crippen LogP contribution is 2.18. The van der Waals surface area contributed by atoms with E-state index in [4.69, 9.17) is 10.8 Å². The van der Waals surface area contributed by atoms with Gasteiger partial charge in [-0.1, -0.05) is 0 Å². The van der Waals surface area contributed by atoms with Gasteiger partial charge in [0, 0.05) is 25.2 Å². The molecule has 1 rings (SSSR count). The first-order valence-electron chi connectivity index (χ1n) is 6.41. The second-order valence-corrected chi connectivity index (χ2v) is 5.67. The van der Waals surface area contributed by atoms with Crippen molar-refractivity contribution in [2.75, 3.05) is 26.7 Å². The van der Waals surface area contributed by atoms with Crippen LogP contribution in [-0.4, -0.2) is 71.1 Å². The van der Waals surface area contributed by atoms with Crippen LogP contribution in [0.15, 0.2) is 0 Å². The number of nitrogens with zero attached hydrogens (tertiary/aromatic N) is 2. The van der Waals surface area contributed by atoms with Crippen LogP contribution < -0.4 is 11.1 Å². The van der Waals surface area contributed by atoms with Gasteiger partial charge in [-0.05, 0) is 20.9 Å². The van der Waals surface area contributed by atoms with E-state index in [-0.39, 0.29) is 5.54 Å². The monoisotopic (exact) mass is 286 g/mol. The van der Waals surface area contributed by atoms with E-state index in [2.05, 4.69) is 10.2 Å². The molecule has 1 atom stereocenters. The van der Waals surface area contributed by atoms with Crippen LogP contribution in [0.4, 0.5) is 4.79 Å². The number of likely N-dealkylation sites (N-methyl/N-ethyl adjacent to an activating group) is 1. The number of hydrogen-bond acceptors (Lipinski definition) is 4. The Hall–Kier alpha value is -1.83. The summed E-state index contributed by atoms with van der Waals surface area (Å²) < 4.78 is 0. The van der Waals surface area contributed by atoms with E-state index >= 15 is 0 Å². The van der Waals surface area contributed by atoms with Gasteiger partial charge < -0.3 is 21.1 Å². The number of carboxylic acids is 1. The van der Waals surface area contributed by atoms with Crippen LogP contribution in [0.1, 0.15) is 20.3 Å². The van der Waals surface area contributed by atoms with Gasteiger partial charge in [-0.15, -0.1) is 0 Å². The number of urea groups is 1. The van der Waals surface area contributed by atoms with Crippen LogP contribution in [0.25, 0.3) is 0 Å². The third kappa shape index (κ3) is 4.09. The van der Waals surface area contributed by atoms with Crippen LogP contribution in [0, 0.1) is 0 Å². The average molecular weight is 286 g/mol. The molecule has 1 saturated heterocycles. The Labute approximate surface area is 117 Å². The molecule has 4 N–H and O–H groups in total. The van der Waals surface area contributed by atoms with Crippen molar-refractivity contribution in [1.82, 2.24) is 15.1 Å². The van der Waals surface area contributed by atoms with Crippen LogP contribution in [0.3, 0.4) is 0 Å². The standard InChI is InChI=1S/C12H22N4O4/c1-12(2)7-16(5-4-15(12)3)11(20)14-8(10(18)19)6-9(13)17/h8H,4-7H2,1-3H3,(H2,13,17)(H,14,20)(H,18,19)/t8-/m0/s1. The highest BCUT2D eigenvalue weighted by Gasteiger charge is 2.34. The fourth-order valence-electron chi connectivity index (χ4n) is 2.06. The van der Waals surface area contributed by atoms with Crippen LogP contribution in [-0.2, 0) is 9.59 Å². The first-order valence-corrected chi connectivity index (χ1v) is 6.41. The molecule has 3 amide bonds. The molecular formula is C12H22N4O4. The minimum Gasteiger partial charge on any atom is -0.480 e. The molecule has 0 spiro atoms. The quantitative estimate of drug-likeness (QED) is 0.616. The van der Waals surface area contributed by atoms with Crippen molar-refractivity contribution in [1.29, 1.82) is 0 Å². The molecule has 0 radical (unpaired) electrons. The fourth-order valence-corrected chi connectivity index (χ4v) is 2.06. The molecule has 0 saturated carbocycles. The minimum absolute atomic E-state index is 0.183. The van der Waals surface area contributed by atoms with E-state index in [1.165, 1.54) is 0 Å². The fraction of sp³-hybridized carbons (Fsp3) is 0.750. The summed E-state index contributed by atoms with van der Waals surface area (Å²) in [4.78, 5) is 37.5. The van der Waals surface area contributed by atoms with Crippen LogP contribution in [0.2, 0.25) is 0 Å². The maximum atomic E-state index is 12.1. The maximum Gasteiger partial charge on any atom is 0.326 e. The van der Waals surface area contributed by atoms with Crippen molar-refractivity contribution in [2.24, 2.45) is 5.73 Å². The molecule has 0 unspecified atom stereocenters. The number of nitrogens with two attached hydrogens (primary N) is 1. The van der Waals surface area contributed by atoms with Crippen molar-refractivity contribution in [3.05, 3.63) is 0 Å². The molecule has 0 aliphatic carbocycles. The third-order valence-electron chi connectivity index (χ3n) is 3.60. The van der Waals surface area contributed by atoms with E-state index in [1.807, 2.05) is 20.9 Å². The lowest BCUT2D eigenvalue weighted by Gasteiger charge is -2.45. The maximum absolute atomic E-state index is 12.1. The molecule has 0 aromatic carbocycles. The van der Waals surface area contributed by atoms with E-state index in [0.29, 0.717) is 19.6 Å². The van der Waals surface area contributed by atoms with Gasteiger partial charge in [0.1, 0.15) is 6.04 Å². The van der Waals surface area contributed by atoms with Gasteiger partial charge in [0.2, 0.25) is 5.91 Å². The largest absolute Gasteiger partial charge is 0.480 e. The molecule has 114 valence electrons. The van der Waals surface area contributed by atoms with E-state index in [1.54, 1.807) is 4.90 Å². The zero-order valence-corrected chi connectivity index (χ0v) is 12.0. The van der Waals surface area contributed by atoms with Gasteiger partial charge in [-0.25, -0.2) is 9.59 Å².